The molecule has 0 saturated carbocycles. The van der Waals surface area contributed by atoms with Gasteiger partial charge >= 0.3 is 0 Å². The van der Waals surface area contributed by atoms with Crippen LogP contribution in [-0.4, -0.2) is 26.3 Å². The Labute approximate surface area is 194 Å². The molecule has 1 N–H and O–H groups in total. The molecule has 0 aliphatic rings. The summed E-state index contributed by atoms with van der Waals surface area (Å²) in [6.45, 7) is 2.16. The zero-order valence-electron chi connectivity index (χ0n) is 17.8. The molecule has 0 heterocycles. The van der Waals surface area contributed by atoms with E-state index in [1.165, 1.54) is 32.6 Å². The largest absolute Gasteiger partial charge is 0.496 e. The summed E-state index contributed by atoms with van der Waals surface area (Å²) in [5, 5.41) is 4.03. The smallest absolute Gasteiger partial charge is 0.275 e. The molecule has 0 unspecified atom stereocenters. The number of amides is 1. The van der Waals surface area contributed by atoms with Crippen LogP contribution in [0.15, 0.2) is 64.2 Å². The Bertz CT molecular complexity index is 1130. The molecule has 0 saturated heterocycles. The number of ether oxygens (including phenoxy) is 3. The maximum atomic E-state index is 13.1. The third-order valence-electron chi connectivity index (χ3n) is 4.53. The molecule has 166 valence electrons. The number of methoxy groups -OCH3 is 2. The summed E-state index contributed by atoms with van der Waals surface area (Å²) >= 11 is 3.48. The van der Waals surface area contributed by atoms with E-state index in [1.54, 1.807) is 36.4 Å². The fourth-order valence-corrected chi connectivity index (χ4v) is 3.48. The lowest BCUT2D eigenvalue weighted by atomic mass is 10.1. The van der Waals surface area contributed by atoms with Crippen LogP contribution in [0, 0.1) is 12.7 Å². The second kappa shape index (κ2) is 10.8. The SMILES string of the molecule is COc1cc(C)ccc1C(=O)N/N=C\c1cc(Br)c(OCc2ccc(F)cc2)c(OC)c1. The Morgan fingerprint density at radius 2 is 1.78 bits per heavy atom. The number of carbonyl (C=O) groups excluding carboxylic acids is 1. The van der Waals surface area contributed by atoms with Crippen molar-refractivity contribution in [2.24, 2.45) is 5.10 Å². The number of carbonyl (C=O) groups is 1. The average molecular weight is 501 g/mol. The first-order valence-corrected chi connectivity index (χ1v) is 10.4. The van der Waals surface area contributed by atoms with Gasteiger partial charge < -0.3 is 14.2 Å². The average Bonchev–Trinajstić information content (AvgIpc) is 2.78. The lowest BCUT2D eigenvalue weighted by Crippen LogP contribution is -2.18. The predicted molar refractivity (Wildman–Crippen MR) is 124 cm³/mol. The molecule has 6 nitrogen and oxygen atoms in total. The van der Waals surface area contributed by atoms with Crippen LogP contribution in [-0.2, 0) is 6.61 Å². The quantitative estimate of drug-likeness (QED) is 0.338. The highest BCUT2D eigenvalue weighted by Gasteiger charge is 2.13. The lowest BCUT2D eigenvalue weighted by Gasteiger charge is -2.13. The van der Waals surface area contributed by atoms with Crippen molar-refractivity contribution < 1.29 is 23.4 Å². The number of nitrogens with one attached hydrogen (secondary N) is 1. The minimum Gasteiger partial charge on any atom is -0.496 e. The van der Waals surface area contributed by atoms with Gasteiger partial charge in [0.15, 0.2) is 11.5 Å². The first-order valence-electron chi connectivity index (χ1n) is 9.64. The van der Waals surface area contributed by atoms with E-state index in [0.29, 0.717) is 32.8 Å². The van der Waals surface area contributed by atoms with E-state index in [9.17, 15) is 9.18 Å². The minimum atomic E-state index is -0.386. The summed E-state index contributed by atoms with van der Waals surface area (Å²) in [6.07, 6.45) is 1.50. The van der Waals surface area contributed by atoms with Crippen LogP contribution >= 0.6 is 15.9 Å². The molecule has 8 heteroatoms. The molecule has 32 heavy (non-hydrogen) atoms. The summed E-state index contributed by atoms with van der Waals surface area (Å²) in [5.41, 5.74) is 5.37. The van der Waals surface area contributed by atoms with E-state index in [0.717, 1.165) is 11.1 Å². The van der Waals surface area contributed by atoms with Gasteiger partial charge in [-0.15, -0.1) is 0 Å². The summed E-state index contributed by atoms with van der Waals surface area (Å²) < 4.78 is 30.3. The first kappa shape index (κ1) is 23.3. The number of rotatable bonds is 8. The molecule has 0 fully saturated rings. The molecule has 3 rings (SSSR count). The zero-order valence-corrected chi connectivity index (χ0v) is 19.4. The molecule has 3 aromatic carbocycles. The molecular weight excluding hydrogens is 479 g/mol. The number of aryl methyl sites for hydroxylation is 1. The molecule has 0 aromatic heterocycles. The third-order valence-corrected chi connectivity index (χ3v) is 5.12. The molecule has 3 aromatic rings. The standard InChI is InChI=1S/C24H22BrFN2O4/c1-15-4-9-19(21(10-15)30-2)24(29)28-27-13-17-11-20(25)23(22(12-17)31-3)32-14-16-5-7-18(26)8-6-16/h4-13H,14H2,1-3H3,(H,28,29)/b27-13-. The Morgan fingerprint density at radius 1 is 1.06 bits per heavy atom. The van der Waals surface area contributed by atoms with Crippen LogP contribution in [0.4, 0.5) is 4.39 Å². The summed E-state index contributed by atoms with van der Waals surface area (Å²) in [7, 11) is 3.04. The maximum Gasteiger partial charge on any atom is 0.275 e. The van der Waals surface area contributed by atoms with E-state index in [4.69, 9.17) is 14.2 Å². The van der Waals surface area contributed by atoms with Crippen LogP contribution in [0.2, 0.25) is 0 Å². The number of hydrazone groups is 1. The Kier molecular flexibility index (Phi) is 7.83. The summed E-state index contributed by atoms with van der Waals surface area (Å²) in [5.74, 6) is 0.772. The fraction of sp³-hybridized carbons (Fsp3) is 0.167. The Hall–Kier alpha value is -3.39. The monoisotopic (exact) mass is 500 g/mol. The van der Waals surface area contributed by atoms with Crippen LogP contribution < -0.4 is 19.6 Å². The molecule has 1 amide bonds. The van der Waals surface area contributed by atoms with Crippen molar-refractivity contribution in [1.82, 2.24) is 5.43 Å². The van der Waals surface area contributed by atoms with Gasteiger partial charge in [-0.2, -0.15) is 5.10 Å². The second-order valence-corrected chi connectivity index (χ2v) is 7.71. The number of halogens is 2. The lowest BCUT2D eigenvalue weighted by molar-refractivity contribution is 0.0952. The van der Waals surface area contributed by atoms with E-state index < -0.39 is 0 Å². The Morgan fingerprint density at radius 3 is 2.47 bits per heavy atom. The number of benzene rings is 3. The van der Waals surface area contributed by atoms with Gasteiger partial charge in [0, 0.05) is 0 Å². The van der Waals surface area contributed by atoms with Crippen molar-refractivity contribution in [3.63, 3.8) is 0 Å². The van der Waals surface area contributed by atoms with E-state index in [-0.39, 0.29) is 18.3 Å². The van der Waals surface area contributed by atoms with Gasteiger partial charge in [0.25, 0.3) is 5.91 Å². The van der Waals surface area contributed by atoms with Crippen molar-refractivity contribution in [2.75, 3.05) is 14.2 Å². The topological polar surface area (TPSA) is 69.2 Å². The van der Waals surface area contributed by atoms with Crippen molar-refractivity contribution >= 4 is 28.1 Å². The van der Waals surface area contributed by atoms with Gasteiger partial charge in [-0.3, -0.25) is 4.79 Å². The van der Waals surface area contributed by atoms with Gasteiger partial charge in [0.2, 0.25) is 0 Å². The van der Waals surface area contributed by atoms with E-state index in [2.05, 4.69) is 26.5 Å². The van der Waals surface area contributed by atoms with Crippen molar-refractivity contribution in [3.8, 4) is 17.2 Å². The first-order chi connectivity index (χ1) is 15.4. The maximum absolute atomic E-state index is 13.1. The third kappa shape index (κ3) is 5.85. The number of hydrogen-bond acceptors (Lipinski definition) is 5. The molecule has 0 bridgehead atoms. The predicted octanol–water partition coefficient (Wildman–Crippen LogP) is 5.26. The summed E-state index contributed by atoms with van der Waals surface area (Å²) in [4.78, 5) is 12.4. The van der Waals surface area contributed by atoms with Crippen LogP contribution in [0.3, 0.4) is 0 Å². The summed E-state index contributed by atoms with van der Waals surface area (Å²) in [6, 6.07) is 14.9. The fourth-order valence-electron chi connectivity index (χ4n) is 2.90. The van der Waals surface area contributed by atoms with Crippen molar-refractivity contribution in [3.05, 3.63) is 87.1 Å². The molecule has 0 radical (unpaired) electrons. The molecule has 0 atom stereocenters. The highest BCUT2D eigenvalue weighted by Crippen LogP contribution is 2.36. The highest BCUT2D eigenvalue weighted by atomic mass is 79.9. The highest BCUT2D eigenvalue weighted by molar-refractivity contribution is 9.10. The van der Waals surface area contributed by atoms with Crippen molar-refractivity contribution in [2.45, 2.75) is 13.5 Å². The van der Waals surface area contributed by atoms with Crippen LogP contribution in [0.1, 0.15) is 27.0 Å². The van der Waals surface area contributed by atoms with E-state index in [1.807, 2.05) is 13.0 Å². The minimum absolute atomic E-state index is 0.247. The molecule has 0 aliphatic carbocycles. The normalized spacial score (nSPS) is 10.8. The van der Waals surface area contributed by atoms with Gasteiger partial charge in [-0.1, -0.05) is 18.2 Å². The van der Waals surface area contributed by atoms with Gasteiger partial charge in [-0.05, 0) is 75.9 Å². The van der Waals surface area contributed by atoms with Gasteiger partial charge in [-0.25, -0.2) is 9.82 Å². The zero-order chi connectivity index (χ0) is 23.1. The van der Waals surface area contributed by atoms with Crippen molar-refractivity contribution in [1.29, 1.82) is 0 Å². The number of nitrogens with zero attached hydrogens (tertiary/aromatic N) is 1. The number of hydrogen-bond donors (Lipinski definition) is 1. The Balaban J connectivity index is 1.70. The van der Waals surface area contributed by atoms with Gasteiger partial charge in [0.05, 0.1) is 30.5 Å². The van der Waals surface area contributed by atoms with Crippen LogP contribution in [0.25, 0.3) is 0 Å². The molecular formula is C24H22BrFN2O4. The second-order valence-electron chi connectivity index (χ2n) is 6.85. The molecule has 0 aliphatic heterocycles. The van der Waals surface area contributed by atoms with Gasteiger partial charge in [0.1, 0.15) is 18.2 Å². The molecule has 0 spiro atoms. The van der Waals surface area contributed by atoms with E-state index >= 15 is 0 Å². The van der Waals surface area contributed by atoms with Crippen LogP contribution in [0.5, 0.6) is 17.2 Å².